The largest absolute Gasteiger partial charge is 0.490 e. The van der Waals surface area contributed by atoms with Crippen LogP contribution in [0.4, 0.5) is 28.9 Å². The highest BCUT2D eigenvalue weighted by molar-refractivity contribution is 7.21. The van der Waals surface area contributed by atoms with E-state index in [-0.39, 0.29) is 11.4 Å². The third-order valence-electron chi connectivity index (χ3n) is 6.43. The molecule has 2 aromatic heterocycles. The van der Waals surface area contributed by atoms with Gasteiger partial charge in [-0.3, -0.25) is 9.48 Å². The van der Waals surface area contributed by atoms with Gasteiger partial charge in [0.1, 0.15) is 11.0 Å². The maximum atomic E-state index is 14.5. The lowest BCUT2D eigenvalue weighted by molar-refractivity contribution is -0.192. The van der Waals surface area contributed by atoms with E-state index in [0.29, 0.717) is 33.4 Å². The zero-order valence-electron chi connectivity index (χ0n) is 22.4. The van der Waals surface area contributed by atoms with Crippen LogP contribution < -0.4 is 20.3 Å². The third kappa shape index (κ3) is 6.85. The molecule has 0 aliphatic carbocycles. The summed E-state index contributed by atoms with van der Waals surface area (Å²) in [6, 6.07) is 7.31. The van der Waals surface area contributed by atoms with Crippen LogP contribution in [-0.4, -0.2) is 70.7 Å². The highest BCUT2D eigenvalue weighted by atomic mass is 32.1. The van der Waals surface area contributed by atoms with Crippen molar-refractivity contribution in [2.24, 2.45) is 7.05 Å². The molecule has 3 N–H and O–H groups in total. The summed E-state index contributed by atoms with van der Waals surface area (Å²) >= 11 is 1.43. The second-order valence-electron chi connectivity index (χ2n) is 9.27. The topological polar surface area (TPSA) is 122 Å². The second-order valence-corrected chi connectivity index (χ2v) is 10.2. The van der Waals surface area contributed by atoms with E-state index >= 15 is 0 Å². The first-order chi connectivity index (χ1) is 19.4. The Labute approximate surface area is 235 Å². The number of aryl methyl sites for hydroxylation is 1. The van der Waals surface area contributed by atoms with Gasteiger partial charge in [0.25, 0.3) is 11.1 Å². The van der Waals surface area contributed by atoms with Crippen LogP contribution in [0.1, 0.15) is 30.1 Å². The number of rotatable bonds is 6. The molecule has 1 fully saturated rings. The van der Waals surface area contributed by atoms with Crippen molar-refractivity contribution in [3.05, 3.63) is 41.8 Å². The Morgan fingerprint density at radius 3 is 2.49 bits per heavy atom. The van der Waals surface area contributed by atoms with Gasteiger partial charge in [0.05, 0.1) is 23.1 Å². The fraction of sp³-hybridized carbons (Fsp3) is 0.385. The average Bonchev–Trinajstić information content (AvgIpc) is 3.52. The summed E-state index contributed by atoms with van der Waals surface area (Å²) in [7, 11) is 3.30. The average molecular weight is 597 g/mol. The number of carbonyl (C=O) groups is 2. The van der Waals surface area contributed by atoms with E-state index in [2.05, 4.69) is 32.5 Å². The minimum Gasteiger partial charge on any atom is -0.475 e. The van der Waals surface area contributed by atoms with Gasteiger partial charge in [0.2, 0.25) is 0 Å². The molecule has 0 saturated carbocycles. The van der Waals surface area contributed by atoms with Gasteiger partial charge >= 0.3 is 12.1 Å². The zero-order chi connectivity index (χ0) is 29.9. The number of piperidine rings is 1. The molecule has 1 amide bonds. The number of thiazole rings is 1. The number of nitrogens with zero attached hydrogens (tertiary/aromatic N) is 4. The monoisotopic (exact) mass is 596 g/mol. The van der Waals surface area contributed by atoms with Gasteiger partial charge in [-0.25, -0.2) is 14.2 Å². The van der Waals surface area contributed by atoms with Crippen LogP contribution in [0.25, 0.3) is 21.1 Å². The summed E-state index contributed by atoms with van der Waals surface area (Å²) in [6.45, 7) is 4.97. The van der Waals surface area contributed by atoms with Gasteiger partial charge in [-0.1, -0.05) is 18.3 Å². The number of ether oxygens (including phenoxy) is 1. The van der Waals surface area contributed by atoms with Crippen molar-refractivity contribution in [1.82, 2.24) is 20.1 Å². The molecule has 1 aliphatic heterocycles. The molecular formula is C26H28F4N6O4S. The molecule has 0 radical (unpaired) electrons. The van der Waals surface area contributed by atoms with E-state index in [1.807, 2.05) is 6.07 Å². The van der Waals surface area contributed by atoms with Crippen molar-refractivity contribution in [2.75, 3.05) is 37.0 Å². The quantitative estimate of drug-likeness (QED) is 0.272. The minimum absolute atomic E-state index is 0.273. The molecule has 0 unspecified atom stereocenters. The van der Waals surface area contributed by atoms with Gasteiger partial charge in [-0.2, -0.15) is 18.3 Å². The number of benzene rings is 2. The molecule has 0 atom stereocenters. The standard InChI is InChI=1S/C24H27FN6O2S.C2HF3O2/c1-4-26-15-7-9-31(10-8-15)19-6-5-17(21-22(19)34-24(28-21)33-3)23(32)27-16-11-14-13-30(2)29-20(14)18(25)12-16;3-2(4,5)1(6)7/h5-6,11-13,15,26H,4,7-10H2,1-3H3,(H,27,32);(H,6,7). The normalized spacial score (nSPS) is 14.2. The number of alkyl halides is 3. The molecule has 15 heteroatoms. The number of methoxy groups -OCH3 is 1. The molecule has 5 rings (SSSR count). The molecule has 220 valence electrons. The van der Waals surface area contributed by atoms with Crippen molar-refractivity contribution in [3.8, 4) is 5.19 Å². The van der Waals surface area contributed by atoms with Gasteiger partial charge < -0.3 is 25.4 Å². The lowest BCUT2D eigenvalue weighted by Crippen LogP contribution is -2.42. The highest BCUT2D eigenvalue weighted by Crippen LogP contribution is 2.38. The summed E-state index contributed by atoms with van der Waals surface area (Å²) < 4.78 is 54.1. The Bertz CT molecular complexity index is 1560. The molecule has 1 saturated heterocycles. The number of carbonyl (C=O) groups excluding carboxylic acids is 1. The van der Waals surface area contributed by atoms with Gasteiger partial charge in [-0.05, 0) is 43.7 Å². The fourth-order valence-electron chi connectivity index (χ4n) is 4.59. The summed E-state index contributed by atoms with van der Waals surface area (Å²) in [6.07, 6.45) is -1.24. The van der Waals surface area contributed by atoms with Crippen LogP contribution in [0, 0.1) is 5.82 Å². The fourth-order valence-corrected chi connectivity index (χ4v) is 5.54. The van der Waals surface area contributed by atoms with Crippen molar-refractivity contribution in [2.45, 2.75) is 32.0 Å². The Hall–Kier alpha value is -3.98. The van der Waals surface area contributed by atoms with Crippen LogP contribution in [0.5, 0.6) is 5.19 Å². The van der Waals surface area contributed by atoms with Gasteiger partial charge in [0, 0.05) is 43.4 Å². The lowest BCUT2D eigenvalue weighted by Gasteiger charge is -2.34. The van der Waals surface area contributed by atoms with Crippen LogP contribution in [0.15, 0.2) is 30.5 Å². The Balaban J connectivity index is 0.000000493. The first kappa shape index (κ1) is 30.0. The van der Waals surface area contributed by atoms with Gasteiger partial charge in [0.15, 0.2) is 5.82 Å². The third-order valence-corrected chi connectivity index (χ3v) is 7.47. The minimum atomic E-state index is -5.08. The van der Waals surface area contributed by atoms with Crippen molar-refractivity contribution < 1.29 is 37.0 Å². The molecule has 10 nitrogen and oxygen atoms in total. The summed E-state index contributed by atoms with van der Waals surface area (Å²) in [5.41, 5.74) is 2.72. The maximum absolute atomic E-state index is 14.5. The molecule has 0 spiro atoms. The van der Waals surface area contributed by atoms with Crippen molar-refractivity contribution >= 4 is 55.7 Å². The molecule has 41 heavy (non-hydrogen) atoms. The molecule has 1 aliphatic rings. The Morgan fingerprint density at radius 2 is 1.88 bits per heavy atom. The highest BCUT2D eigenvalue weighted by Gasteiger charge is 2.38. The predicted molar refractivity (Wildman–Crippen MR) is 147 cm³/mol. The molecule has 2 aromatic carbocycles. The molecule has 4 aromatic rings. The van der Waals surface area contributed by atoms with Crippen LogP contribution in [0.2, 0.25) is 0 Å². The number of carboxylic acid groups (broad SMARTS) is 1. The number of nitrogens with one attached hydrogen (secondary N) is 2. The number of fused-ring (bicyclic) bond motifs is 2. The summed E-state index contributed by atoms with van der Waals surface area (Å²) in [5, 5.41) is 18.7. The Kier molecular flexibility index (Phi) is 8.97. The number of hydrogen-bond acceptors (Lipinski definition) is 8. The van der Waals surface area contributed by atoms with E-state index in [4.69, 9.17) is 14.6 Å². The van der Waals surface area contributed by atoms with E-state index < -0.39 is 18.0 Å². The number of aliphatic carboxylic acids is 1. The van der Waals surface area contributed by atoms with Gasteiger partial charge in [-0.15, -0.1) is 0 Å². The van der Waals surface area contributed by atoms with Crippen LogP contribution in [-0.2, 0) is 11.8 Å². The summed E-state index contributed by atoms with van der Waals surface area (Å²) in [5.74, 6) is -3.59. The Morgan fingerprint density at radius 1 is 1.20 bits per heavy atom. The van der Waals surface area contributed by atoms with Crippen molar-refractivity contribution in [1.29, 1.82) is 0 Å². The number of hydrogen-bond donors (Lipinski definition) is 3. The first-order valence-corrected chi connectivity index (χ1v) is 13.4. The molecule has 0 bridgehead atoms. The zero-order valence-corrected chi connectivity index (χ0v) is 23.2. The van der Waals surface area contributed by atoms with Crippen molar-refractivity contribution in [3.63, 3.8) is 0 Å². The number of anilines is 2. The second kappa shape index (κ2) is 12.3. The number of carboxylic acids is 1. The van der Waals surface area contributed by atoms with Crippen LogP contribution in [0.3, 0.4) is 0 Å². The lowest BCUT2D eigenvalue weighted by atomic mass is 10.0. The number of amides is 1. The van der Waals surface area contributed by atoms with Crippen LogP contribution >= 0.6 is 11.3 Å². The van der Waals surface area contributed by atoms with E-state index in [0.717, 1.165) is 42.9 Å². The van der Waals surface area contributed by atoms with E-state index in [1.165, 1.54) is 17.4 Å². The maximum Gasteiger partial charge on any atom is 0.490 e. The molecule has 3 heterocycles. The number of halogens is 4. The number of aromatic nitrogens is 3. The summed E-state index contributed by atoms with van der Waals surface area (Å²) in [4.78, 5) is 29.0. The SMILES string of the molecule is CCNC1CCN(c2ccc(C(=O)Nc3cc(F)c4nn(C)cc4c3)c3nc(OC)sc23)CC1.O=C(O)C(F)(F)F. The smallest absolute Gasteiger partial charge is 0.475 e. The van der Waals surface area contributed by atoms with E-state index in [9.17, 15) is 22.4 Å². The van der Waals surface area contributed by atoms with E-state index in [1.54, 1.807) is 37.2 Å². The molecular weight excluding hydrogens is 568 g/mol. The predicted octanol–water partition coefficient (Wildman–Crippen LogP) is 4.79. The first-order valence-electron chi connectivity index (χ1n) is 12.6.